The smallest absolute Gasteiger partial charge is 0.191 e. The van der Waals surface area contributed by atoms with E-state index >= 15 is 0 Å². The lowest BCUT2D eigenvalue weighted by molar-refractivity contribution is 0.0322. The fraction of sp³-hybridized carbons (Fsp3) is 0.409. The number of guanidine groups is 1. The molecular formula is C22H30FIN4O2. The van der Waals surface area contributed by atoms with Gasteiger partial charge in [0.1, 0.15) is 18.2 Å². The monoisotopic (exact) mass is 528 g/mol. The van der Waals surface area contributed by atoms with Crippen LogP contribution in [0.25, 0.3) is 0 Å². The molecule has 0 bridgehead atoms. The second-order valence-electron chi connectivity index (χ2n) is 6.82. The number of aliphatic imine (C=N–C) groups is 1. The molecule has 0 aliphatic carbocycles. The number of halogens is 2. The number of benzene rings is 2. The van der Waals surface area contributed by atoms with Crippen molar-refractivity contribution in [1.29, 1.82) is 0 Å². The molecule has 2 aromatic carbocycles. The summed E-state index contributed by atoms with van der Waals surface area (Å²) < 4.78 is 24.7. The average molecular weight is 528 g/mol. The van der Waals surface area contributed by atoms with Crippen LogP contribution in [0.2, 0.25) is 0 Å². The van der Waals surface area contributed by atoms with Gasteiger partial charge in [0.25, 0.3) is 0 Å². The minimum atomic E-state index is -0.240. The molecule has 0 spiro atoms. The SMILES string of the molecule is CN=C(NCc1cccc(F)c1)NCc1ccccc1OCCN1CCOCC1.I. The summed E-state index contributed by atoms with van der Waals surface area (Å²) in [6.45, 7) is 6.11. The van der Waals surface area contributed by atoms with Crippen LogP contribution in [0.1, 0.15) is 11.1 Å². The minimum absolute atomic E-state index is 0. The number of rotatable bonds is 8. The van der Waals surface area contributed by atoms with E-state index in [0.29, 0.717) is 25.7 Å². The summed E-state index contributed by atoms with van der Waals surface area (Å²) in [5.41, 5.74) is 1.92. The van der Waals surface area contributed by atoms with E-state index in [1.165, 1.54) is 12.1 Å². The highest BCUT2D eigenvalue weighted by Gasteiger charge is 2.11. The standard InChI is InChI=1S/C22H29FN4O2.HI/c1-24-22(25-16-18-5-4-7-20(23)15-18)26-17-19-6-2-3-8-21(19)29-14-11-27-9-12-28-13-10-27;/h2-8,15H,9-14,16-17H2,1H3,(H2,24,25,26);1H. The summed E-state index contributed by atoms with van der Waals surface area (Å²) in [7, 11) is 1.71. The van der Waals surface area contributed by atoms with E-state index in [2.05, 4.69) is 20.5 Å². The van der Waals surface area contributed by atoms with E-state index in [4.69, 9.17) is 9.47 Å². The summed E-state index contributed by atoms with van der Waals surface area (Å²) in [4.78, 5) is 6.58. The van der Waals surface area contributed by atoms with Gasteiger partial charge >= 0.3 is 0 Å². The van der Waals surface area contributed by atoms with Crippen LogP contribution in [0, 0.1) is 5.82 Å². The van der Waals surface area contributed by atoms with Crippen molar-refractivity contribution < 1.29 is 13.9 Å². The lowest BCUT2D eigenvalue weighted by Crippen LogP contribution is -2.38. The van der Waals surface area contributed by atoms with Crippen molar-refractivity contribution in [1.82, 2.24) is 15.5 Å². The normalized spacial score (nSPS) is 14.7. The number of hydrogen-bond donors (Lipinski definition) is 2. The highest BCUT2D eigenvalue weighted by Crippen LogP contribution is 2.17. The molecule has 6 nitrogen and oxygen atoms in total. The third-order valence-corrected chi connectivity index (χ3v) is 4.76. The largest absolute Gasteiger partial charge is 0.492 e. The third-order valence-electron chi connectivity index (χ3n) is 4.76. The predicted octanol–water partition coefficient (Wildman–Crippen LogP) is 3.02. The minimum Gasteiger partial charge on any atom is -0.492 e. The van der Waals surface area contributed by atoms with Crippen LogP contribution in [0.5, 0.6) is 5.75 Å². The van der Waals surface area contributed by atoms with E-state index in [0.717, 1.165) is 49.7 Å². The second kappa shape index (κ2) is 13.4. The lowest BCUT2D eigenvalue weighted by atomic mass is 10.2. The Hall–Kier alpha value is -1.91. The topological polar surface area (TPSA) is 58.1 Å². The number of para-hydroxylation sites is 1. The molecule has 1 aliphatic rings. The van der Waals surface area contributed by atoms with Gasteiger partial charge in [-0.25, -0.2) is 4.39 Å². The molecule has 0 atom stereocenters. The molecular weight excluding hydrogens is 498 g/mol. The Kier molecular flexibility index (Phi) is 10.9. The molecule has 0 radical (unpaired) electrons. The van der Waals surface area contributed by atoms with Crippen LogP contribution in [0.3, 0.4) is 0 Å². The van der Waals surface area contributed by atoms with Gasteiger partial charge in [0.05, 0.1) is 13.2 Å². The highest BCUT2D eigenvalue weighted by molar-refractivity contribution is 14.0. The number of morpholine rings is 1. The van der Waals surface area contributed by atoms with Crippen molar-refractivity contribution in [3.05, 3.63) is 65.5 Å². The first-order valence-electron chi connectivity index (χ1n) is 9.94. The Balaban J connectivity index is 0.00000320. The van der Waals surface area contributed by atoms with Crippen molar-refractivity contribution in [2.75, 3.05) is 46.5 Å². The van der Waals surface area contributed by atoms with Crippen LogP contribution in [0.15, 0.2) is 53.5 Å². The fourth-order valence-corrected chi connectivity index (χ4v) is 3.13. The summed E-state index contributed by atoms with van der Waals surface area (Å²) in [6.07, 6.45) is 0. The van der Waals surface area contributed by atoms with E-state index in [1.54, 1.807) is 13.1 Å². The Labute approximate surface area is 194 Å². The Bertz CT molecular complexity index is 800. The fourth-order valence-electron chi connectivity index (χ4n) is 3.13. The van der Waals surface area contributed by atoms with E-state index < -0.39 is 0 Å². The number of ether oxygens (including phenoxy) is 2. The quantitative estimate of drug-likeness (QED) is 0.314. The highest BCUT2D eigenvalue weighted by atomic mass is 127. The second-order valence-corrected chi connectivity index (χ2v) is 6.82. The molecule has 0 aromatic heterocycles. The number of nitrogens with one attached hydrogen (secondary N) is 2. The van der Waals surface area contributed by atoms with Gasteiger partial charge in [-0.1, -0.05) is 30.3 Å². The van der Waals surface area contributed by atoms with E-state index in [9.17, 15) is 4.39 Å². The predicted molar refractivity (Wildman–Crippen MR) is 128 cm³/mol. The molecule has 0 saturated carbocycles. The van der Waals surface area contributed by atoms with Gasteiger partial charge in [0, 0.05) is 45.3 Å². The van der Waals surface area contributed by atoms with Crippen molar-refractivity contribution in [3.8, 4) is 5.75 Å². The van der Waals surface area contributed by atoms with Gasteiger partial charge in [-0.15, -0.1) is 24.0 Å². The average Bonchev–Trinajstić information content (AvgIpc) is 2.75. The summed E-state index contributed by atoms with van der Waals surface area (Å²) in [6, 6.07) is 14.5. The summed E-state index contributed by atoms with van der Waals surface area (Å²) in [5, 5.41) is 6.49. The zero-order valence-electron chi connectivity index (χ0n) is 17.3. The van der Waals surface area contributed by atoms with E-state index in [1.807, 2.05) is 30.3 Å². The molecule has 0 amide bonds. The zero-order valence-corrected chi connectivity index (χ0v) is 19.6. The summed E-state index contributed by atoms with van der Waals surface area (Å²) >= 11 is 0. The molecule has 1 saturated heterocycles. The van der Waals surface area contributed by atoms with Crippen molar-refractivity contribution in [3.63, 3.8) is 0 Å². The molecule has 0 unspecified atom stereocenters. The molecule has 1 aliphatic heterocycles. The zero-order chi connectivity index (χ0) is 20.3. The first-order valence-corrected chi connectivity index (χ1v) is 9.94. The molecule has 30 heavy (non-hydrogen) atoms. The Morgan fingerprint density at radius 2 is 1.87 bits per heavy atom. The van der Waals surface area contributed by atoms with Gasteiger partial charge in [-0.2, -0.15) is 0 Å². The maximum Gasteiger partial charge on any atom is 0.191 e. The number of hydrogen-bond acceptors (Lipinski definition) is 4. The molecule has 3 rings (SSSR count). The molecule has 1 heterocycles. The van der Waals surface area contributed by atoms with Crippen molar-refractivity contribution in [2.45, 2.75) is 13.1 Å². The van der Waals surface area contributed by atoms with Gasteiger partial charge in [0.15, 0.2) is 5.96 Å². The third kappa shape index (κ3) is 8.08. The summed E-state index contributed by atoms with van der Waals surface area (Å²) in [5.74, 6) is 1.28. The van der Waals surface area contributed by atoms with Crippen molar-refractivity contribution in [2.24, 2.45) is 4.99 Å². The molecule has 2 aromatic rings. The van der Waals surface area contributed by atoms with Crippen LogP contribution >= 0.6 is 24.0 Å². The van der Waals surface area contributed by atoms with Crippen LogP contribution in [-0.2, 0) is 17.8 Å². The molecule has 164 valence electrons. The van der Waals surface area contributed by atoms with Gasteiger partial charge in [0.2, 0.25) is 0 Å². The Morgan fingerprint density at radius 1 is 1.10 bits per heavy atom. The van der Waals surface area contributed by atoms with Crippen LogP contribution in [-0.4, -0.2) is 57.4 Å². The van der Waals surface area contributed by atoms with Crippen LogP contribution in [0.4, 0.5) is 4.39 Å². The van der Waals surface area contributed by atoms with Gasteiger partial charge < -0.3 is 20.1 Å². The molecule has 8 heteroatoms. The lowest BCUT2D eigenvalue weighted by Gasteiger charge is -2.26. The first-order chi connectivity index (χ1) is 14.2. The Morgan fingerprint density at radius 3 is 2.63 bits per heavy atom. The van der Waals surface area contributed by atoms with E-state index in [-0.39, 0.29) is 29.8 Å². The first kappa shape index (κ1) is 24.4. The van der Waals surface area contributed by atoms with Gasteiger partial charge in [-0.3, -0.25) is 9.89 Å². The van der Waals surface area contributed by atoms with Gasteiger partial charge in [-0.05, 0) is 23.8 Å². The molecule has 1 fully saturated rings. The van der Waals surface area contributed by atoms with Crippen LogP contribution < -0.4 is 15.4 Å². The van der Waals surface area contributed by atoms with Crippen molar-refractivity contribution >= 4 is 29.9 Å². The molecule has 2 N–H and O–H groups in total. The maximum atomic E-state index is 13.3. The maximum absolute atomic E-state index is 13.3. The number of nitrogens with zero attached hydrogens (tertiary/aromatic N) is 2.